The van der Waals surface area contributed by atoms with Gasteiger partial charge in [0.15, 0.2) is 0 Å². The van der Waals surface area contributed by atoms with E-state index in [4.69, 9.17) is 9.47 Å². The molecule has 0 unspecified atom stereocenters. The fourth-order valence-corrected chi connectivity index (χ4v) is 4.26. The van der Waals surface area contributed by atoms with E-state index in [-0.39, 0.29) is 23.8 Å². The Morgan fingerprint density at radius 2 is 1.59 bits per heavy atom. The van der Waals surface area contributed by atoms with Crippen molar-refractivity contribution in [2.45, 2.75) is 31.5 Å². The van der Waals surface area contributed by atoms with E-state index in [1.54, 1.807) is 31.4 Å². The minimum absolute atomic E-state index is 0.0502. The summed E-state index contributed by atoms with van der Waals surface area (Å²) in [5.41, 5.74) is 2.99. The van der Waals surface area contributed by atoms with Gasteiger partial charge in [0.05, 0.1) is 13.2 Å². The number of ether oxygens (including phenoxy) is 2. The number of piperidine rings is 1. The second-order valence-corrected chi connectivity index (χ2v) is 8.29. The van der Waals surface area contributed by atoms with Crippen molar-refractivity contribution in [2.24, 2.45) is 0 Å². The molecule has 1 fully saturated rings. The molecule has 3 aromatic rings. The third-order valence-corrected chi connectivity index (χ3v) is 5.99. The minimum atomic E-state index is -0.362. The van der Waals surface area contributed by atoms with Crippen molar-refractivity contribution in [3.8, 4) is 5.75 Å². The number of likely N-dealkylation sites (tertiary alicyclic amines) is 1. The van der Waals surface area contributed by atoms with Crippen LogP contribution < -0.4 is 4.74 Å². The highest BCUT2D eigenvalue weighted by Gasteiger charge is 2.25. The highest BCUT2D eigenvalue weighted by molar-refractivity contribution is 5.31. The van der Waals surface area contributed by atoms with Gasteiger partial charge >= 0.3 is 0 Å². The minimum Gasteiger partial charge on any atom is -0.497 e. The molecule has 1 atom stereocenters. The van der Waals surface area contributed by atoms with E-state index in [9.17, 15) is 8.78 Å². The maximum atomic E-state index is 13.5. The third kappa shape index (κ3) is 5.93. The molecule has 0 spiro atoms. The molecular formula is C27H29F2NO2. The van der Waals surface area contributed by atoms with Gasteiger partial charge in [0.2, 0.25) is 0 Å². The third-order valence-electron chi connectivity index (χ3n) is 5.99. The van der Waals surface area contributed by atoms with Gasteiger partial charge in [-0.25, -0.2) is 8.78 Å². The molecule has 0 radical (unpaired) electrons. The van der Waals surface area contributed by atoms with Crippen LogP contribution in [0.3, 0.4) is 0 Å². The summed E-state index contributed by atoms with van der Waals surface area (Å²) >= 11 is 0. The van der Waals surface area contributed by atoms with Crippen molar-refractivity contribution in [3.05, 3.63) is 101 Å². The summed E-state index contributed by atoms with van der Waals surface area (Å²) in [4.78, 5) is 2.43. The maximum Gasteiger partial charge on any atom is 0.123 e. The maximum absolute atomic E-state index is 13.5. The largest absolute Gasteiger partial charge is 0.497 e. The van der Waals surface area contributed by atoms with Gasteiger partial charge in [0.1, 0.15) is 23.5 Å². The lowest BCUT2D eigenvalue weighted by molar-refractivity contribution is -0.0330. The van der Waals surface area contributed by atoms with Crippen LogP contribution in [0.15, 0.2) is 72.8 Å². The molecule has 0 aromatic heterocycles. The Hall–Kier alpha value is -2.76. The highest BCUT2D eigenvalue weighted by atomic mass is 19.1. The molecule has 32 heavy (non-hydrogen) atoms. The fraction of sp³-hybridized carbons (Fsp3) is 0.333. The van der Waals surface area contributed by atoms with Crippen molar-refractivity contribution < 1.29 is 18.3 Å². The second-order valence-electron chi connectivity index (χ2n) is 8.29. The van der Waals surface area contributed by atoms with Crippen LogP contribution in [-0.2, 0) is 11.2 Å². The molecule has 1 aliphatic heterocycles. The number of hydrogen-bond acceptors (Lipinski definition) is 3. The highest BCUT2D eigenvalue weighted by Crippen LogP contribution is 2.30. The lowest BCUT2D eigenvalue weighted by Crippen LogP contribution is -2.41. The molecule has 3 aromatic carbocycles. The second kappa shape index (κ2) is 10.7. The molecule has 1 aliphatic rings. The van der Waals surface area contributed by atoms with Crippen LogP contribution in [0.25, 0.3) is 0 Å². The quantitative estimate of drug-likeness (QED) is 0.445. The monoisotopic (exact) mass is 437 g/mol. The molecule has 168 valence electrons. The SMILES string of the molecule is COc1cccc(CCN2CCC[C@@H](OC(c3ccc(F)cc3)c3ccc(F)cc3)C2)c1. The van der Waals surface area contributed by atoms with E-state index in [2.05, 4.69) is 17.0 Å². The average Bonchev–Trinajstić information content (AvgIpc) is 2.83. The predicted octanol–water partition coefficient (Wildman–Crippen LogP) is 5.79. The van der Waals surface area contributed by atoms with Gasteiger partial charge < -0.3 is 14.4 Å². The Morgan fingerprint density at radius 3 is 2.22 bits per heavy atom. The molecule has 5 heteroatoms. The van der Waals surface area contributed by atoms with E-state index >= 15 is 0 Å². The van der Waals surface area contributed by atoms with Gasteiger partial charge in [-0.15, -0.1) is 0 Å². The molecule has 1 heterocycles. The summed E-state index contributed by atoms with van der Waals surface area (Å²) in [5, 5.41) is 0. The van der Waals surface area contributed by atoms with Crippen molar-refractivity contribution in [1.82, 2.24) is 4.90 Å². The summed E-state index contributed by atoms with van der Waals surface area (Å²) in [6, 6.07) is 20.9. The van der Waals surface area contributed by atoms with Gasteiger partial charge in [-0.3, -0.25) is 0 Å². The Bertz CT molecular complexity index is 946. The number of halogens is 2. The molecule has 0 saturated carbocycles. The van der Waals surface area contributed by atoms with Gasteiger partial charge in [0, 0.05) is 13.1 Å². The van der Waals surface area contributed by atoms with Crippen LogP contribution in [0, 0.1) is 11.6 Å². The summed E-state index contributed by atoms with van der Waals surface area (Å²) in [6.07, 6.45) is 2.66. The molecule has 0 aliphatic carbocycles. The normalized spacial score (nSPS) is 16.9. The standard InChI is InChI=1S/C27H29F2NO2/c1-31-25-5-2-4-20(18-25)15-17-30-16-3-6-26(19-30)32-27(21-7-11-23(28)12-8-21)22-9-13-24(29)14-10-22/h2,4-5,7-14,18,26-27H,3,6,15-17,19H2,1H3/t26-/m1/s1. The lowest BCUT2D eigenvalue weighted by Gasteiger charge is -2.35. The van der Waals surface area contributed by atoms with Crippen molar-refractivity contribution in [2.75, 3.05) is 26.7 Å². The number of hydrogen-bond donors (Lipinski definition) is 0. The van der Waals surface area contributed by atoms with Crippen LogP contribution in [0.5, 0.6) is 5.75 Å². The first-order chi connectivity index (χ1) is 15.6. The smallest absolute Gasteiger partial charge is 0.123 e. The van der Waals surface area contributed by atoms with Gasteiger partial charge in [-0.1, -0.05) is 36.4 Å². The van der Waals surface area contributed by atoms with E-state index in [1.165, 1.54) is 29.8 Å². The van der Waals surface area contributed by atoms with E-state index in [0.717, 1.165) is 55.8 Å². The number of benzene rings is 3. The topological polar surface area (TPSA) is 21.7 Å². The van der Waals surface area contributed by atoms with Gasteiger partial charge in [0.25, 0.3) is 0 Å². The van der Waals surface area contributed by atoms with Crippen molar-refractivity contribution in [1.29, 1.82) is 0 Å². The number of rotatable bonds is 8. The molecular weight excluding hydrogens is 408 g/mol. The zero-order valence-electron chi connectivity index (χ0n) is 18.3. The number of nitrogens with zero attached hydrogens (tertiary/aromatic N) is 1. The van der Waals surface area contributed by atoms with Crippen LogP contribution in [-0.4, -0.2) is 37.7 Å². The van der Waals surface area contributed by atoms with E-state index < -0.39 is 0 Å². The first kappa shape index (κ1) is 22.4. The van der Waals surface area contributed by atoms with Crippen LogP contribution in [0.2, 0.25) is 0 Å². The lowest BCUT2D eigenvalue weighted by atomic mass is 10.00. The first-order valence-corrected chi connectivity index (χ1v) is 11.1. The molecule has 0 N–H and O–H groups in total. The van der Waals surface area contributed by atoms with Gasteiger partial charge in [-0.2, -0.15) is 0 Å². The summed E-state index contributed by atoms with van der Waals surface area (Å²) in [5.74, 6) is 0.310. The molecule has 4 rings (SSSR count). The van der Waals surface area contributed by atoms with Gasteiger partial charge in [-0.05, 0) is 78.9 Å². The molecule has 0 bridgehead atoms. The van der Waals surface area contributed by atoms with Crippen molar-refractivity contribution in [3.63, 3.8) is 0 Å². The van der Waals surface area contributed by atoms with E-state index in [1.807, 2.05) is 12.1 Å². The van der Waals surface area contributed by atoms with E-state index in [0.29, 0.717) is 0 Å². The Balaban J connectivity index is 1.43. The van der Waals surface area contributed by atoms with Crippen LogP contribution >= 0.6 is 0 Å². The summed E-state index contributed by atoms with van der Waals surface area (Å²) in [7, 11) is 1.68. The van der Waals surface area contributed by atoms with Crippen molar-refractivity contribution >= 4 is 0 Å². The first-order valence-electron chi connectivity index (χ1n) is 11.1. The van der Waals surface area contributed by atoms with Crippen LogP contribution in [0.1, 0.15) is 35.6 Å². The average molecular weight is 438 g/mol. The predicted molar refractivity (Wildman–Crippen MR) is 122 cm³/mol. The Kier molecular flexibility index (Phi) is 7.51. The molecule has 3 nitrogen and oxygen atoms in total. The Labute approximate surface area is 188 Å². The zero-order chi connectivity index (χ0) is 22.3. The Morgan fingerprint density at radius 1 is 0.938 bits per heavy atom. The summed E-state index contributed by atoms with van der Waals surface area (Å²) in [6.45, 7) is 2.83. The molecule has 1 saturated heterocycles. The fourth-order valence-electron chi connectivity index (χ4n) is 4.26. The number of methoxy groups -OCH3 is 1. The zero-order valence-corrected chi connectivity index (χ0v) is 18.3. The molecule has 0 amide bonds. The summed E-state index contributed by atoms with van der Waals surface area (Å²) < 4.78 is 38.8. The van der Waals surface area contributed by atoms with Crippen LogP contribution in [0.4, 0.5) is 8.78 Å².